The molecule has 3 aromatic rings. The summed E-state index contributed by atoms with van der Waals surface area (Å²) in [6.07, 6.45) is 3.34. The normalized spacial score (nSPS) is 17.3. The minimum absolute atomic E-state index is 0.173. The molecule has 0 aliphatic carbocycles. The molecule has 4 heterocycles. The maximum Gasteiger partial charge on any atom is 0.299 e. The fourth-order valence-electron chi connectivity index (χ4n) is 3.38. The number of hydrogen-bond donors (Lipinski definition) is 0. The average molecular weight is 385 g/mol. The van der Waals surface area contributed by atoms with Gasteiger partial charge in [-0.15, -0.1) is 0 Å². The van der Waals surface area contributed by atoms with Gasteiger partial charge in [0.1, 0.15) is 12.1 Å². The highest BCUT2D eigenvalue weighted by Gasteiger charge is 2.26. The maximum absolute atomic E-state index is 12.7. The number of anilines is 1. The molecular formula is C18H23N7O3. The number of carbonyl (C=O) groups is 1. The van der Waals surface area contributed by atoms with Crippen molar-refractivity contribution < 1.29 is 14.4 Å². The summed E-state index contributed by atoms with van der Waals surface area (Å²) in [5.74, 6) is 0.412. The molecule has 3 aromatic heterocycles. The molecule has 0 N–H and O–H groups in total. The Morgan fingerprint density at radius 1 is 1.39 bits per heavy atom. The van der Waals surface area contributed by atoms with Crippen molar-refractivity contribution in [3.8, 4) is 11.4 Å². The molecule has 1 unspecified atom stereocenters. The summed E-state index contributed by atoms with van der Waals surface area (Å²) < 4.78 is 9.15. The van der Waals surface area contributed by atoms with Crippen LogP contribution in [0.2, 0.25) is 0 Å². The molecule has 1 atom stereocenters. The highest BCUT2D eigenvalue weighted by molar-refractivity contribution is 5.97. The molecule has 10 nitrogen and oxygen atoms in total. The Balaban J connectivity index is 1.93. The van der Waals surface area contributed by atoms with Crippen molar-refractivity contribution in [1.29, 1.82) is 0 Å². The number of nitrogens with zero attached hydrogens (tertiary/aromatic N) is 7. The zero-order valence-corrected chi connectivity index (χ0v) is 16.4. The van der Waals surface area contributed by atoms with E-state index in [9.17, 15) is 4.79 Å². The van der Waals surface area contributed by atoms with Crippen LogP contribution in [0.25, 0.3) is 17.0 Å². The fourth-order valence-corrected chi connectivity index (χ4v) is 3.38. The van der Waals surface area contributed by atoms with Crippen LogP contribution >= 0.6 is 0 Å². The summed E-state index contributed by atoms with van der Waals surface area (Å²) in [5, 5.41) is 5.41. The molecule has 0 radical (unpaired) electrons. The predicted octanol–water partition coefficient (Wildman–Crippen LogP) is 0.988. The molecule has 10 heteroatoms. The molecule has 1 aliphatic rings. The number of ether oxygens (including phenoxy) is 1. The lowest BCUT2D eigenvalue weighted by Crippen LogP contribution is -2.44. The lowest BCUT2D eigenvalue weighted by Gasteiger charge is -2.34. The third-order valence-electron chi connectivity index (χ3n) is 5.00. The molecule has 1 fully saturated rings. The maximum atomic E-state index is 12.7. The Labute approximate surface area is 162 Å². The van der Waals surface area contributed by atoms with E-state index in [0.29, 0.717) is 18.9 Å². The number of carbonyl (C=O) groups excluding carboxylic acids is 1. The van der Waals surface area contributed by atoms with Gasteiger partial charge in [0.2, 0.25) is 0 Å². The van der Waals surface area contributed by atoms with Crippen LogP contribution in [0.15, 0.2) is 24.7 Å². The van der Waals surface area contributed by atoms with Crippen LogP contribution in [0, 0.1) is 0 Å². The monoisotopic (exact) mass is 385 g/mol. The van der Waals surface area contributed by atoms with Gasteiger partial charge in [0, 0.05) is 32.9 Å². The number of imidazole rings is 1. The Morgan fingerprint density at radius 3 is 2.89 bits per heavy atom. The van der Waals surface area contributed by atoms with Crippen molar-refractivity contribution in [3.63, 3.8) is 0 Å². The van der Waals surface area contributed by atoms with Crippen LogP contribution in [0.5, 0.6) is 0 Å². The van der Waals surface area contributed by atoms with Crippen LogP contribution in [-0.2, 0) is 16.6 Å². The Hall–Kier alpha value is -2.98. The molecule has 0 spiro atoms. The van der Waals surface area contributed by atoms with Crippen molar-refractivity contribution in [2.45, 2.75) is 13.0 Å². The summed E-state index contributed by atoms with van der Waals surface area (Å²) in [6.45, 7) is 4.08. The van der Waals surface area contributed by atoms with Gasteiger partial charge in [-0.05, 0) is 13.0 Å². The molecule has 0 aromatic carbocycles. The standard InChI is InChI=1S/C18H23N7O3/c1-12-10-28-8-7-24(12)15-9-14(13-5-6-20-22(13)2)25-11-19-16(17(25)21-15)18(26)23(3)27-4/h5-6,9,11-12H,7-8,10H2,1-4H3. The molecule has 148 valence electrons. The van der Waals surface area contributed by atoms with Crippen LogP contribution in [-0.4, -0.2) is 75.1 Å². The van der Waals surface area contributed by atoms with Crippen molar-refractivity contribution in [2.24, 2.45) is 7.05 Å². The SMILES string of the molecule is CON(C)C(=O)c1ncn2c(-c3ccnn3C)cc(N3CCOCC3C)nc12. The first-order valence-corrected chi connectivity index (χ1v) is 9.04. The first kappa shape index (κ1) is 18.4. The van der Waals surface area contributed by atoms with Gasteiger partial charge in [-0.1, -0.05) is 0 Å². The Kier molecular flexibility index (Phi) is 4.73. The van der Waals surface area contributed by atoms with Crippen molar-refractivity contribution in [3.05, 3.63) is 30.4 Å². The predicted molar refractivity (Wildman–Crippen MR) is 102 cm³/mol. The number of hydrogen-bond acceptors (Lipinski definition) is 7. The Morgan fingerprint density at radius 2 is 2.21 bits per heavy atom. The molecule has 0 saturated carbocycles. The topological polar surface area (TPSA) is 90.0 Å². The zero-order chi connectivity index (χ0) is 19.8. The van der Waals surface area contributed by atoms with E-state index in [0.717, 1.165) is 28.8 Å². The summed E-state index contributed by atoms with van der Waals surface area (Å²) >= 11 is 0. The van der Waals surface area contributed by atoms with E-state index < -0.39 is 0 Å². The van der Waals surface area contributed by atoms with E-state index >= 15 is 0 Å². The quantitative estimate of drug-likeness (QED) is 0.619. The second-order valence-electron chi connectivity index (χ2n) is 6.73. The van der Waals surface area contributed by atoms with Crippen LogP contribution < -0.4 is 4.90 Å². The van der Waals surface area contributed by atoms with Crippen LogP contribution in [0.4, 0.5) is 5.82 Å². The number of rotatable bonds is 4. The second-order valence-corrected chi connectivity index (χ2v) is 6.73. The van der Waals surface area contributed by atoms with Gasteiger partial charge in [-0.25, -0.2) is 15.0 Å². The summed E-state index contributed by atoms with van der Waals surface area (Å²) in [5.41, 5.74) is 2.45. The van der Waals surface area contributed by atoms with Gasteiger partial charge in [0.25, 0.3) is 5.91 Å². The molecular weight excluding hydrogens is 362 g/mol. The third kappa shape index (κ3) is 3.00. The molecule has 1 amide bonds. The molecule has 28 heavy (non-hydrogen) atoms. The molecule has 0 bridgehead atoms. The number of aryl methyl sites for hydroxylation is 1. The van der Waals surface area contributed by atoms with Gasteiger partial charge >= 0.3 is 0 Å². The van der Waals surface area contributed by atoms with Gasteiger partial charge in [0.15, 0.2) is 11.3 Å². The van der Waals surface area contributed by atoms with E-state index in [4.69, 9.17) is 14.6 Å². The molecule has 4 rings (SSSR count). The first-order chi connectivity index (χ1) is 13.5. The number of hydroxylamine groups is 2. The van der Waals surface area contributed by atoms with Crippen LogP contribution in [0.3, 0.4) is 0 Å². The van der Waals surface area contributed by atoms with Gasteiger partial charge in [-0.3, -0.25) is 18.7 Å². The Bertz CT molecular complexity index is 1010. The van der Waals surface area contributed by atoms with Crippen molar-refractivity contribution in [1.82, 2.24) is 29.2 Å². The van der Waals surface area contributed by atoms with E-state index in [2.05, 4.69) is 21.9 Å². The van der Waals surface area contributed by atoms with E-state index in [-0.39, 0.29) is 17.6 Å². The minimum Gasteiger partial charge on any atom is -0.377 e. The molecule has 1 aliphatic heterocycles. The number of morpholine rings is 1. The van der Waals surface area contributed by atoms with Crippen molar-refractivity contribution in [2.75, 3.05) is 38.8 Å². The number of fused-ring (bicyclic) bond motifs is 1. The lowest BCUT2D eigenvalue weighted by molar-refractivity contribution is -0.0759. The van der Waals surface area contributed by atoms with Gasteiger partial charge in [0.05, 0.1) is 37.8 Å². The zero-order valence-electron chi connectivity index (χ0n) is 16.4. The van der Waals surface area contributed by atoms with E-state index in [1.54, 1.807) is 24.3 Å². The average Bonchev–Trinajstić information content (AvgIpc) is 3.32. The largest absolute Gasteiger partial charge is 0.377 e. The first-order valence-electron chi connectivity index (χ1n) is 9.04. The summed E-state index contributed by atoms with van der Waals surface area (Å²) in [4.78, 5) is 29.0. The summed E-state index contributed by atoms with van der Waals surface area (Å²) in [6, 6.07) is 4.10. The highest BCUT2D eigenvalue weighted by Crippen LogP contribution is 2.28. The van der Waals surface area contributed by atoms with Gasteiger partial charge < -0.3 is 9.64 Å². The highest BCUT2D eigenvalue weighted by atomic mass is 16.7. The fraction of sp³-hybridized carbons (Fsp3) is 0.444. The lowest BCUT2D eigenvalue weighted by atomic mass is 10.2. The summed E-state index contributed by atoms with van der Waals surface area (Å²) in [7, 11) is 4.86. The minimum atomic E-state index is -0.361. The van der Waals surface area contributed by atoms with Gasteiger partial charge in [-0.2, -0.15) is 5.10 Å². The van der Waals surface area contributed by atoms with Crippen LogP contribution in [0.1, 0.15) is 17.4 Å². The van der Waals surface area contributed by atoms with Crippen molar-refractivity contribution >= 4 is 17.4 Å². The third-order valence-corrected chi connectivity index (χ3v) is 5.00. The number of amides is 1. The second kappa shape index (κ2) is 7.21. The van der Waals surface area contributed by atoms with E-state index in [1.807, 2.05) is 23.6 Å². The smallest absolute Gasteiger partial charge is 0.299 e. The van der Waals surface area contributed by atoms with E-state index in [1.165, 1.54) is 7.11 Å². The molecule has 1 saturated heterocycles. The number of aromatic nitrogens is 5.